The van der Waals surface area contributed by atoms with Gasteiger partial charge in [-0.05, 0) is 23.5 Å². The van der Waals surface area contributed by atoms with Gasteiger partial charge in [0.25, 0.3) is 0 Å². The van der Waals surface area contributed by atoms with E-state index < -0.39 is 17.4 Å². The molecule has 1 aromatic carbocycles. The van der Waals surface area contributed by atoms with Gasteiger partial charge in [0.1, 0.15) is 0 Å². The molecule has 4 nitrogen and oxygen atoms in total. The van der Waals surface area contributed by atoms with Crippen molar-refractivity contribution in [3.8, 4) is 0 Å². The van der Waals surface area contributed by atoms with Crippen LogP contribution in [-0.2, 0) is 15.1 Å². The van der Waals surface area contributed by atoms with Crippen molar-refractivity contribution in [3.63, 3.8) is 0 Å². The molecule has 1 aliphatic heterocycles. The third-order valence-electron chi connectivity index (χ3n) is 3.61. The van der Waals surface area contributed by atoms with E-state index in [0.29, 0.717) is 25.6 Å². The van der Waals surface area contributed by atoms with Crippen molar-refractivity contribution in [3.05, 3.63) is 35.4 Å². The van der Waals surface area contributed by atoms with Crippen molar-refractivity contribution in [2.75, 3.05) is 13.2 Å². The van der Waals surface area contributed by atoms with Gasteiger partial charge in [-0.3, -0.25) is 4.79 Å². The van der Waals surface area contributed by atoms with Gasteiger partial charge >= 0.3 is 5.97 Å². The lowest BCUT2D eigenvalue weighted by Crippen LogP contribution is -2.54. The van der Waals surface area contributed by atoms with E-state index >= 15 is 0 Å². The summed E-state index contributed by atoms with van der Waals surface area (Å²) in [6.07, 6.45) is 0.644. The van der Waals surface area contributed by atoms with Gasteiger partial charge in [0.2, 0.25) is 0 Å². The summed E-state index contributed by atoms with van der Waals surface area (Å²) in [6.45, 7) is 5.12. The molecule has 104 valence electrons. The van der Waals surface area contributed by atoms with E-state index in [1.54, 1.807) is 0 Å². The molecule has 1 aromatic rings. The molecule has 1 aliphatic rings. The zero-order chi connectivity index (χ0) is 14.0. The molecule has 19 heavy (non-hydrogen) atoms. The van der Waals surface area contributed by atoms with Crippen LogP contribution >= 0.6 is 0 Å². The van der Waals surface area contributed by atoms with E-state index in [9.17, 15) is 9.90 Å². The predicted octanol–water partition coefficient (Wildman–Crippen LogP) is 2.09. The fraction of sp³-hybridized carbons (Fsp3) is 0.533. The quantitative estimate of drug-likeness (QED) is 0.853. The van der Waals surface area contributed by atoms with Crippen molar-refractivity contribution in [2.24, 2.45) is 11.7 Å². The summed E-state index contributed by atoms with van der Waals surface area (Å²) in [7, 11) is 0. The first-order chi connectivity index (χ1) is 8.92. The lowest BCUT2D eigenvalue weighted by molar-refractivity contribution is -0.139. The third kappa shape index (κ3) is 2.96. The highest BCUT2D eigenvalue weighted by atomic mass is 16.5. The highest BCUT2D eigenvalue weighted by Crippen LogP contribution is 2.29. The molecule has 1 fully saturated rings. The number of carbonyl (C=O) groups is 1. The average molecular weight is 263 g/mol. The van der Waals surface area contributed by atoms with E-state index in [-0.39, 0.29) is 0 Å². The molecule has 2 rings (SSSR count). The smallest absolute Gasteiger partial charge is 0.310 e. The molecule has 0 amide bonds. The zero-order valence-corrected chi connectivity index (χ0v) is 11.4. The molecule has 0 aromatic heterocycles. The predicted molar refractivity (Wildman–Crippen MR) is 73.0 cm³/mol. The van der Waals surface area contributed by atoms with Crippen molar-refractivity contribution in [1.82, 2.24) is 0 Å². The van der Waals surface area contributed by atoms with Crippen LogP contribution < -0.4 is 5.73 Å². The minimum Gasteiger partial charge on any atom is -0.481 e. The lowest BCUT2D eigenvalue weighted by Gasteiger charge is -2.38. The molecular formula is C15H21NO3. The summed E-state index contributed by atoms with van der Waals surface area (Å²) in [5.74, 6) is -0.863. The lowest BCUT2D eigenvalue weighted by atomic mass is 9.85. The minimum absolute atomic E-state index is 0.349. The number of hydrogen-bond acceptors (Lipinski definition) is 3. The van der Waals surface area contributed by atoms with Gasteiger partial charge in [0, 0.05) is 0 Å². The molecule has 1 atom stereocenters. The van der Waals surface area contributed by atoms with E-state index in [4.69, 9.17) is 10.5 Å². The molecule has 1 saturated heterocycles. The standard InChI is InChI=1S/C15H21NO3/c1-10(2)7-13(14(17)18)11-3-5-12(6-4-11)15(16)8-19-9-15/h3-6,10,13H,7-9,16H2,1-2H3,(H,17,18). The first-order valence-electron chi connectivity index (χ1n) is 6.62. The second-order valence-corrected chi connectivity index (χ2v) is 5.79. The molecule has 4 heteroatoms. The largest absolute Gasteiger partial charge is 0.481 e. The van der Waals surface area contributed by atoms with E-state index in [2.05, 4.69) is 0 Å². The second kappa shape index (κ2) is 5.31. The van der Waals surface area contributed by atoms with Gasteiger partial charge < -0.3 is 15.6 Å². The van der Waals surface area contributed by atoms with E-state index in [1.165, 1.54) is 0 Å². The van der Waals surface area contributed by atoms with Crippen LogP contribution in [0.25, 0.3) is 0 Å². The summed E-state index contributed by atoms with van der Waals surface area (Å²) in [5.41, 5.74) is 7.61. The van der Waals surface area contributed by atoms with Crippen LogP contribution in [0.1, 0.15) is 37.3 Å². The van der Waals surface area contributed by atoms with Crippen LogP contribution in [0.15, 0.2) is 24.3 Å². The summed E-state index contributed by atoms with van der Waals surface area (Å²) in [5, 5.41) is 9.32. The molecule has 1 unspecified atom stereocenters. The van der Waals surface area contributed by atoms with Crippen LogP contribution in [0.3, 0.4) is 0 Å². The Kier molecular flexibility index (Phi) is 3.92. The fourth-order valence-electron chi connectivity index (χ4n) is 2.39. The number of carboxylic acids is 1. The van der Waals surface area contributed by atoms with Crippen molar-refractivity contribution in [2.45, 2.75) is 31.7 Å². The van der Waals surface area contributed by atoms with Gasteiger partial charge in [-0.1, -0.05) is 38.1 Å². The van der Waals surface area contributed by atoms with Gasteiger partial charge in [0.05, 0.1) is 24.7 Å². The van der Waals surface area contributed by atoms with Crippen molar-refractivity contribution < 1.29 is 14.6 Å². The Labute approximate surface area is 113 Å². The maximum absolute atomic E-state index is 11.3. The molecule has 0 saturated carbocycles. The maximum Gasteiger partial charge on any atom is 0.310 e. The van der Waals surface area contributed by atoms with Crippen molar-refractivity contribution in [1.29, 1.82) is 0 Å². The van der Waals surface area contributed by atoms with Crippen LogP contribution in [0.5, 0.6) is 0 Å². The monoisotopic (exact) mass is 263 g/mol. The Morgan fingerprint density at radius 1 is 1.37 bits per heavy atom. The van der Waals surface area contributed by atoms with Crippen LogP contribution in [-0.4, -0.2) is 24.3 Å². The van der Waals surface area contributed by atoms with Gasteiger partial charge in [-0.15, -0.1) is 0 Å². The molecule has 0 bridgehead atoms. The van der Waals surface area contributed by atoms with E-state index in [1.807, 2.05) is 38.1 Å². The Bertz CT molecular complexity index is 449. The fourth-order valence-corrected chi connectivity index (χ4v) is 2.39. The maximum atomic E-state index is 11.3. The Morgan fingerprint density at radius 3 is 2.32 bits per heavy atom. The number of nitrogens with two attached hydrogens (primary N) is 1. The summed E-state index contributed by atoms with van der Waals surface area (Å²) in [4.78, 5) is 11.3. The summed E-state index contributed by atoms with van der Waals surface area (Å²) < 4.78 is 5.14. The van der Waals surface area contributed by atoms with Gasteiger partial charge in [-0.25, -0.2) is 0 Å². The average Bonchev–Trinajstić information content (AvgIpc) is 2.33. The molecule has 0 spiro atoms. The SMILES string of the molecule is CC(C)CC(C(=O)O)c1ccc(C2(N)COC2)cc1. The highest BCUT2D eigenvalue weighted by Gasteiger charge is 2.36. The Morgan fingerprint density at radius 2 is 1.95 bits per heavy atom. The number of rotatable bonds is 5. The van der Waals surface area contributed by atoms with Crippen LogP contribution in [0.2, 0.25) is 0 Å². The Hall–Kier alpha value is -1.39. The number of hydrogen-bond donors (Lipinski definition) is 2. The van der Waals surface area contributed by atoms with Gasteiger partial charge in [0.15, 0.2) is 0 Å². The molecule has 1 heterocycles. The first-order valence-corrected chi connectivity index (χ1v) is 6.62. The highest BCUT2D eigenvalue weighted by molar-refractivity contribution is 5.76. The molecule has 0 aliphatic carbocycles. The summed E-state index contributed by atoms with van der Waals surface area (Å²) in [6, 6.07) is 7.61. The normalized spacial score (nSPS) is 18.9. The molecule has 3 N–H and O–H groups in total. The number of benzene rings is 1. The molecular weight excluding hydrogens is 242 g/mol. The topological polar surface area (TPSA) is 72.5 Å². The molecule has 0 radical (unpaired) electrons. The zero-order valence-electron chi connectivity index (χ0n) is 11.4. The first kappa shape index (κ1) is 14.0. The number of aliphatic carboxylic acids is 1. The number of ether oxygens (including phenoxy) is 1. The summed E-state index contributed by atoms with van der Waals surface area (Å²) >= 11 is 0. The third-order valence-corrected chi connectivity index (χ3v) is 3.61. The van der Waals surface area contributed by atoms with Crippen molar-refractivity contribution >= 4 is 5.97 Å². The van der Waals surface area contributed by atoms with Gasteiger partial charge in [-0.2, -0.15) is 0 Å². The van der Waals surface area contributed by atoms with Crippen LogP contribution in [0.4, 0.5) is 0 Å². The van der Waals surface area contributed by atoms with Crippen LogP contribution in [0, 0.1) is 5.92 Å². The number of carboxylic acid groups (broad SMARTS) is 1. The van der Waals surface area contributed by atoms with E-state index in [0.717, 1.165) is 11.1 Å². The Balaban J connectivity index is 2.18. The second-order valence-electron chi connectivity index (χ2n) is 5.79. The minimum atomic E-state index is -0.768.